The molecule has 2 aromatic rings. The first kappa shape index (κ1) is 16.6. The van der Waals surface area contributed by atoms with E-state index in [4.69, 9.17) is 0 Å². The van der Waals surface area contributed by atoms with Gasteiger partial charge in [0.25, 0.3) is 0 Å². The fourth-order valence-corrected chi connectivity index (χ4v) is 4.97. The minimum absolute atomic E-state index is 0.310. The number of aromatic nitrogens is 4. The molecule has 0 bridgehead atoms. The summed E-state index contributed by atoms with van der Waals surface area (Å²) in [7, 11) is -3.47. The number of benzene rings is 1. The molecule has 2 fully saturated rings. The molecule has 4 rings (SSSR count). The van der Waals surface area contributed by atoms with Crippen LogP contribution in [0.1, 0.15) is 6.42 Å². The Morgan fingerprint density at radius 1 is 1.08 bits per heavy atom. The van der Waals surface area contributed by atoms with Crippen LogP contribution in [0.25, 0.3) is 5.69 Å². The summed E-state index contributed by atoms with van der Waals surface area (Å²) in [5.41, 5.74) is 0.726. The van der Waals surface area contributed by atoms with Crippen molar-refractivity contribution in [2.75, 3.05) is 39.3 Å². The van der Waals surface area contributed by atoms with Crippen LogP contribution in [0.4, 0.5) is 0 Å². The maximum atomic E-state index is 12.9. The highest BCUT2D eigenvalue weighted by Crippen LogP contribution is 2.24. The Balaban J connectivity index is 1.48. The van der Waals surface area contributed by atoms with E-state index in [2.05, 4.69) is 25.7 Å². The molecule has 1 N–H and O–H groups in total. The normalized spacial score (nSPS) is 23.1. The van der Waals surface area contributed by atoms with Gasteiger partial charge in [-0.3, -0.25) is 4.90 Å². The van der Waals surface area contributed by atoms with E-state index in [1.54, 1.807) is 28.6 Å². The number of hydrogen-bond donors (Lipinski definition) is 1. The van der Waals surface area contributed by atoms with Crippen molar-refractivity contribution in [3.8, 4) is 5.69 Å². The summed E-state index contributed by atoms with van der Waals surface area (Å²) in [4.78, 5) is 2.71. The van der Waals surface area contributed by atoms with E-state index < -0.39 is 10.0 Å². The Kier molecular flexibility index (Phi) is 4.50. The Labute approximate surface area is 146 Å². The van der Waals surface area contributed by atoms with Crippen LogP contribution in [-0.4, -0.2) is 83.1 Å². The molecule has 0 spiro atoms. The number of nitrogens with one attached hydrogen (secondary N) is 1. The van der Waals surface area contributed by atoms with Crippen molar-refractivity contribution in [1.82, 2.24) is 34.7 Å². The molecule has 1 aromatic heterocycles. The summed E-state index contributed by atoms with van der Waals surface area (Å²) in [6, 6.07) is 6.98. The second-order valence-electron chi connectivity index (χ2n) is 6.34. The van der Waals surface area contributed by atoms with E-state index in [9.17, 15) is 8.42 Å². The molecule has 1 unspecified atom stereocenters. The second kappa shape index (κ2) is 6.79. The van der Waals surface area contributed by atoms with Crippen LogP contribution in [0.15, 0.2) is 35.5 Å². The van der Waals surface area contributed by atoms with Gasteiger partial charge in [0.05, 0.1) is 10.6 Å². The van der Waals surface area contributed by atoms with Gasteiger partial charge in [-0.2, -0.15) is 4.31 Å². The summed E-state index contributed by atoms with van der Waals surface area (Å²) >= 11 is 0. The Morgan fingerprint density at radius 3 is 2.52 bits per heavy atom. The molecule has 10 heteroatoms. The van der Waals surface area contributed by atoms with Gasteiger partial charge in [0.2, 0.25) is 10.0 Å². The fraction of sp³-hybridized carbons (Fsp3) is 0.533. The van der Waals surface area contributed by atoms with Gasteiger partial charge < -0.3 is 5.32 Å². The van der Waals surface area contributed by atoms with Crippen molar-refractivity contribution >= 4 is 10.0 Å². The number of nitrogens with zero attached hydrogens (tertiary/aromatic N) is 6. The highest BCUT2D eigenvalue weighted by Gasteiger charge is 2.35. The lowest BCUT2D eigenvalue weighted by Gasteiger charge is -2.32. The lowest BCUT2D eigenvalue weighted by molar-refractivity contribution is 0.179. The highest BCUT2D eigenvalue weighted by molar-refractivity contribution is 7.89. The van der Waals surface area contributed by atoms with Crippen molar-refractivity contribution in [2.45, 2.75) is 17.4 Å². The molecule has 2 aliphatic rings. The molecule has 0 saturated carbocycles. The van der Waals surface area contributed by atoms with Crippen LogP contribution >= 0.6 is 0 Å². The summed E-state index contributed by atoms with van der Waals surface area (Å²) in [5.74, 6) is 0. The third-order valence-corrected chi connectivity index (χ3v) is 6.76. The minimum atomic E-state index is -3.47. The van der Waals surface area contributed by atoms with Gasteiger partial charge in [-0.15, -0.1) is 5.10 Å². The van der Waals surface area contributed by atoms with Crippen molar-refractivity contribution in [1.29, 1.82) is 0 Å². The summed E-state index contributed by atoms with van der Waals surface area (Å²) in [6.07, 6.45) is 2.37. The van der Waals surface area contributed by atoms with Crippen LogP contribution in [0.5, 0.6) is 0 Å². The Bertz CT molecular complexity index is 801. The molecule has 0 amide bonds. The maximum Gasteiger partial charge on any atom is 0.243 e. The van der Waals surface area contributed by atoms with Crippen LogP contribution < -0.4 is 5.32 Å². The van der Waals surface area contributed by atoms with Crippen LogP contribution in [0, 0.1) is 0 Å². The van der Waals surface area contributed by atoms with Gasteiger partial charge in [0, 0.05) is 45.3 Å². The molecule has 2 aliphatic heterocycles. The predicted octanol–water partition coefficient (Wildman–Crippen LogP) is -0.669. The maximum absolute atomic E-state index is 12.9. The molecule has 0 aliphatic carbocycles. The van der Waals surface area contributed by atoms with E-state index in [0.717, 1.165) is 38.3 Å². The monoisotopic (exact) mass is 363 g/mol. The van der Waals surface area contributed by atoms with Crippen LogP contribution in [0.3, 0.4) is 0 Å². The van der Waals surface area contributed by atoms with Crippen molar-refractivity contribution in [3.05, 3.63) is 30.6 Å². The lowest BCUT2D eigenvalue weighted by Crippen LogP contribution is -2.49. The molecule has 134 valence electrons. The molecule has 3 heterocycles. The smallest absolute Gasteiger partial charge is 0.243 e. The summed E-state index contributed by atoms with van der Waals surface area (Å²) < 4.78 is 28.9. The third kappa shape index (κ3) is 3.30. The first-order valence-electron chi connectivity index (χ1n) is 8.43. The molecule has 1 atom stereocenters. The number of rotatable bonds is 4. The number of piperazine rings is 1. The van der Waals surface area contributed by atoms with Crippen molar-refractivity contribution in [3.63, 3.8) is 0 Å². The molecule has 25 heavy (non-hydrogen) atoms. The van der Waals surface area contributed by atoms with Gasteiger partial charge in [-0.1, -0.05) is 0 Å². The minimum Gasteiger partial charge on any atom is -0.314 e. The molecular weight excluding hydrogens is 342 g/mol. The number of tetrazole rings is 1. The first-order chi connectivity index (χ1) is 12.1. The molecule has 9 nitrogen and oxygen atoms in total. The summed E-state index contributed by atoms with van der Waals surface area (Å²) in [5, 5.41) is 14.3. The summed E-state index contributed by atoms with van der Waals surface area (Å²) in [6.45, 7) is 5.06. The standard InChI is InChI=1S/C15H21N7O2S/c23-25(24,15-3-1-13(2-4-15)22-12-17-18-19-22)21-8-5-14(11-21)20-9-6-16-7-10-20/h1-4,12,14,16H,5-11H2. The number of sulfonamides is 1. The molecule has 1 aromatic carbocycles. The zero-order chi connectivity index (χ0) is 17.3. The number of hydrogen-bond acceptors (Lipinski definition) is 7. The zero-order valence-electron chi connectivity index (χ0n) is 13.8. The van der Waals surface area contributed by atoms with E-state index >= 15 is 0 Å². The molecular formula is C15H21N7O2S. The molecule has 2 saturated heterocycles. The van der Waals surface area contributed by atoms with Crippen LogP contribution in [0.2, 0.25) is 0 Å². The van der Waals surface area contributed by atoms with E-state index in [1.807, 2.05) is 0 Å². The van der Waals surface area contributed by atoms with Crippen LogP contribution in [-0.2, 0) is 10.0 Å². The third-order valence-electron chi connectivity index (χ3n) is 4.88. The zero-order valence-corrected chi connectivity index (χ0v) is 14.6. The Morgan fingerprint density at radius 2 is 1.84 bits per heavy atom. The average Bonchev–Trinajstić information content (AvgIpc) is 3.35. The van der Waals surface area contributed by atoms with Gasteiger partial charge >= 0.3 is 0 Å². The average molecular weight is 363 g/mol. The SMILES string of the molecule is O=S(=O)(c1ccc(-n2cnnn2)cc1)N1CCC(N2CCNCC2)C1. The fourth-order valence-electron chi connectivity index (χ4n) is 3.47. The first-order valence-corrected chi connectivity index (χ1v) is 9.87. The van der Waals surface area contributed by atoms with Gasteiger partial charge in [0.15, 0.2) is 0 Å². The quantitative estimate of drug-likeness (QED) is 0.770. The van der Waals surface area contributed by atoms with E-state index in [0.29, 0.717) is 24.0 Å². The lowest BCUT2D eigenvalue weighted by atomic mass is 10.2. The van der Waals surface area contributed by atoms with Gasteiger partial charge in [-0.05, 0) is 41.1 Å². The predicted molar refractivity (Wildman–Crippen MR) is 90.8 cm³/mol. The van der Waals surface area contributed by atoms with Gasteiger partial charge in [-0.25, -0.2) is 13.1 Å². The Hall–Kier alpha value is -1.88. The topological polar surface area (TPSA) is 96.2 Å². The molecule has 0 radical (unpaired) electrons. The van der Waals surface area contributed by atoms with Crippen molar-refractivity contribution < 1.29 is 8.42 Å². The largest absolute Gasteiger partial charge is 0.314 e. The van der Waals surface area contributed by atoms with E-state index in [1.165, 1.54) is 11.0 Å². The highest BCUT2D eigenvalue weighted by atomic mass is 32.2. The van der Waals surface area contributed by atoms with Gasteiger partial charge in [0.1, 0.15) is 6.33 Å². The van der Waals surface area contributed by atoms with E-state index in [-0.39, 0.29) is 0 Å². The second-order valence-corrected chi connectivity index (χ2v) is 8.28. The van der Waals surface area contributed by atoms with Crippen molar-refractivity contribution in [2.24, 2.45) is 0 Å².